The van der Waals surface area contributed by atoms with Gasteiger partial charge in [0.25, 0.3) is 0 Å². The fourth-order valence-corrected chi connectivity index (χ4v) is 1.93. The van der Waals surface area contributed by atoms with E-state index in [1.54, 1.807) is 0 Å². The summed E-state index contributed by atoms with van der Waals surface area (Å²) in [4.78, 5) is 0. The van der Waals surface area contributed by atoms with Crippen LogP contribution in [0.25, 0.3) is 5.69 Å². The summed E-state index contributed by atoms with van der Waals surface area (Å²) in [6.45, 7) is -0.431. The second-order valence-corrected chi connectivity index (χ2v) is 4.86. The summed E-state index contributed by atoms with van der Waals surface area (Å²) in [6.07, 6.45) is -1.51. The van der Waals surface area contributed by atoms with Crippen LogP contribution in [-0.2, 0) is 12.8 Å². The van der Waals surface area contributed by atoms with Gasteiger partial charge in [0.05, 0.1) is 27.6 Å². The van der Waals surface area contributed by atoms with E-state index in [9.17, 15) is 13.2 Å². The second kappa shape index (κ2) is 4.88. The van der Waals surface area contributed by atoms with Crippen molar-refractivity contribution in [3.05, 3.63) is 45.3 Å². The maximum Gasteiger partial charge on any atom is 0.418 e. The van der Waals surface area contributed by atoms with Crippen molar-refractivity contribution in [2.24, 2.45) is 0 Å². The maximum absolute atomic E-state index is 12.9. The molecule has 1 heterocycles. The lowest BCUT2D eigenvalue weighted by Gasteiger charge is -2.13. The Labute approximate surface area is 114 Å². The zero-order chi connectivity index (χ0) is 13.3. The third-order valence-corrected chi connectivity index (χ3v) is 2.90. The number of hydrogen-bond donors (Lipinski definition) is 1. The first-order chi connectivity index (χ1) is 8.41. The summed E-state index contributed by atoms with van der Waals surface area (Å²) >= 11 is 1.97. The van der Waals surface area contributed by atoms with E-state index >= 15 is 0 Å². The summed E-state index contributed by atoms with van der Waals surface area (Å²) in [7, 11) is 0. The van der Waals surface area contributed by atoms with E-state index in [2.05, 4.69) is 5.10 Å². The summed E-state index contributed by atoms with van der Waals surface area (Å²) in [6, 6.07) is 3.68. The predicted octanol–water partition coefficient (Wildman–Crippen LogP) is 2.99. The monoisotopic (exact) mass is 368 g/mol. The van der Waals surface area contributed by atoms with Crippen molar-refractivity contribution < 1.29 is 18.3 Å². The molecule has 1 N–H and O–H groups in total. The Morgan fingerprint density at radius 3 is 2.56 bits per heavy atom. The van der Waals surface area contributed by atoms with Crippen molar-refractivity contribution in [2.75, 3.05) is 0 Å². The van der Waals surface area contributed by atoms with Crippen LogP contribution in [0.3, 0.4) is 0 Å². The van der Waals surface area contributed by atoms with E-state index < -0.39 is 18.3 Å². The van der Waals surface area contributed by atoms with Gasteiger partial charge >= 0.3 is 6.18 Å². The van der Waals surface area contributed by atoms with Crippen molar-refractivity contribution in [3.8, 4) is 5.69 Å². The molecule has 0 fully saturated rings. The largest absolute Gasteiger partial charge is 0.418 e. The molecule has 1 aromatic carbocycles. The van der Waals surface area contributed by atoms with E-state index in [0.29, 0.717) is 0 Å². The van der Waals surface area contributed by atoms with Crippen LogP contribution in [0.1, 0.15) is 11.1 Å². The molecule has 0 saturated carbocycles. The van der Waals surface area contributed by atoms with Crippen LogP contribution >= 0.6 is 22.6 Å². The van der Waals surface area contributed by atoms with Gasteiger partial charge < -0.3 is 5.11 Å². The minimum absolute atomic E-state index is 0.0531. The molecule has 1 aromatic heterocycles. The number of benzene rings is 1. The molecule has 0 bridgehead atoms. The Morgan fingerprint density at radius 2 is 2.06 bits per heavy atom. The highest BCUT2D eigenvalue weighted by Gasteiger charge is 2.34. The normalized spacial score (nSPS) is 11.8. The minimum atomic E-state index is -4.49. The Kier molecular flexibility index (Phi) is 3.62. The predicted molar refractivity (Wildman–Crippen MR) is 67.2 cm³/mol. The lowest BCUT2D eigenvalue weighted by molar-refractivity contribution is -0.137. The first kappa shape index (κ1) is 13.3. The number of nitrogens with zero attached hydrogens (tertiary/aromatic N) is 2. The summed E-state index contributed by atoms with van der Waals surface area (Å²) < 4.78 is 40.7. The van der Waals surface area contributed by atoms with Gasteiger partial charge in [0.1, 0.15) is 0 Å². The summed E-state index contributed by atoms with van der Waals surface area (Å²) in [5.74, 6) is 0. The molecular formula is C11H8F3IN2O. The standard InChI is InChI=1S/C11H8F3IN2O/c12-11(13,14)9-3-7(6-18)1-2-10(9)17-5-8(15)4-16-17/h1-5,18H,6H2. The molecule has 0 aliphatic carbocycles. The Morgan fingerprint density at radius 1 is 1.33 bits per heavy atom. The van der Waals surface area contributed by atoms with Gasteiger partial charge in [-0.1, -0.05) is 6.07 Å². The van der Waals surface area contributed by atoms with Gasteiger partial charge in [-0.3, -0.25) is 0 Å². The molecule has 0 spiro atoms. The van der Waals surface area contributed by atoms with Crippen molar-refractivity contribution in [1.82, 2.24) is 9.78 Å². The molecule has 3 nitrogen and oxygen atoms in total. The number of halogens is 4. The molecule has 0 atom stereocenters. The first-order valence-electron chi connectivity index (χ1n) is 4.93. The van der Waals surface area contributed by atoms with Gasteiger partial charge in [0.2, 0.25) is 0 Å². The molecular weight excluding hydrogens is 360 g/mol. The zero-order valence-corrected chi connectivity index (χ0v) is 11.1. The van der Waals surface area contributed by atoms with Crippen LogP contribution in [0.15, 0.2) is 30.6 Å². The smallest absolute Gasteiger partial charge is 0.392 e. The van der Waals surface area contributed by atoms with Crippen LogP contribution in [0.5, 0.6) is 0 Å². The molecule has 0 unspecified atom stereocenters. The number of aliphatic hydroxyl groups excluding tert-OH is 1. The van der Waals surface area contributed by atoms with Crippen molar-refractivity contribution in [3.63, 3.8) is 0 Å². The number of hydrogen-bond acceptors (Lipinski definition) is 2. The third-order valence-electron chi connectivity index (χ3n) is 2.35. The number of rotatable bonds is 2. The average molecular weight is 368 g/mol. The molecule has 18 heavy (non-hydrogen) atoms. The van der Waals surface area contributed by atoms with Crippen LogP contribution in [-0.4, -0.2) is 14.9 Å². The highest BCUT2D eigenvalue weighted by Crippen LogP contribution is 2.34. The lowest BCUT2D eigenvalue weighted by atomic mass is 10.1. The lowest BCUT2D eigenvalue weighted by Crippen LogP contribution is -2.12. The van der Waals surface area contributed by atoms with Crippen molar-refractivity contribution in [1.29, 1.82) is 0 Å². The quantitative estimate of drug-likeness (QED) is 0.828. The fraction of sp³-hybridized carbons (Fsp3) is 0.182. The molecule has 2 rings (SSSR count). The molecule has 0 radical (unpaired) electrons. The van der Waals surface area contributed by atoms with Crippen LogP contribution in [0.2, 0.25) is 0 Å². The van der Waals surface area contributed by atoms with Crippen molar-refractivity contribution >= 4 is 22.6 Å². The van der Waals surface area contributed by atoms with E-state index in [-0.39, 0.29) is 11.3 Å². The van der Waals surface area contributed by atoms with E-state index in [1.807, 2.05) is 22.6 Å². The SMILES string of the molecule is OCc1ccc(-n2cc(I)cn2)c(C(F)(F)F)c1. The van der Waals surface area contributed by atoms with Crippen LogP contribution < -0.4 is 0 Å². The van der Waals surface area contributed by atoms with Gasteiger partial charge in [0.15, 0.2) is 0 Å². The van der Waals surface area contributed by atoms with Crippen LogP contribution in [0.4, 0.5) is 13.2 Å². The molecule has 0 aliphatic heterocycles. The molecule has 2 aromatic rings. The molecule has 0 saturated heterocycles. The zero-order valence-electron chi connectivity index (χ0n) is 8.95. The Balaban J connectivity index is 2.60. The molecule has 0 amide bonds. The van der Waals surface area contributed by atoms with E-state index in [4.69, 9.17) is 5.11 Å². The second-order valence-electron chi connectivity index (χ2n) is 3.61. The Hall–Kier alpha value is -1.09. The van der Waals surface area contributed by atoms with E-state index in [0.717, 1.165) is 9.64 Å². The highest BCUT2D eigenvalue weighted by atomic mass is 127. The van der Waals surface area contributed by atoms with Gasteiger partial charge in [-0.2, -0.15) is 18.3 Å². The van der Waals surface area contributed by atoms with Crippen LogP contribution in [0, 0.1) is 3.57 Å². The van der Waals surface area contributed by atoms with Gasteiger partial charge in [-0.25, -0.2) is 4.68 Å². The number of aromatic nitrogens is 2. The fourth-order valence-electron chi connectivity index (χ4n) is 1.54. The maximum atomic E-state index is 12.9. The minimum Gasteiger partial charge on any atom is -0.392 e. The Bertz CT molecular complexity index is 566. The van der Waals surface area contributed by atoms with Gasteiger partial charge in [-0.05, 0) is 40.3 Å². The summed E-state index contributed by atoms with van der Waals surface area (Å²) in [5, 5.41) is 12.8. The van der Waals surface area contributed by atoms with Gasteiger partial charge in [-0.15, -0.1) is 0 Å². The molecule has 0 aliphatic rings. The topological polar surface area (TPSA) is 38.0 Å². The van der Waals surface area contributed by atoms with E-state index in [1.165, 1.54) is 29.2 Å². The van der Waals surface area contributed by atoms with Gasteiger partial charge in [0, 0.05) is 6.20 Å². The highest BCUT2D eigenvalue weighted by molar-refractivity contribution is 14.1. The summed E-state index contributed by atoms with van der Waals surface area (Å²) in [5.41, 5.74) is -0.649. The third kappa shape index (κ3) is 2.66. The number of aliphatic hydroxyl groups is 1. The molecule has 96 valence electrons. The first-order valence-corrected chi connectivity index (χ1v) is 6.01. The molecule has 7 heteroatoms. The average Bonchev–Trinajstić information content (AvgIpc) is 2.74. The van der Waals surface area contributed by atoms with Crippen molar-refractivity contribution in [2.45, 2.75) is 12.8 Å². The number of alkyl halides is 3.